The van der Waals surface area contributed by atoms with Gasteiger partial charge in [0.15, 0.2) is 5.78 Å². The third-order valence-corrected chi connectivity index (χ3v) is 6.07. The van der Waals surface area contributed by atoms with Crippen molar-refractivity contribution in [3.05, 3.63) is 65.2 Å². The molecule has 0 aromatic heterocycles. The zero-order valence-corrected chi connectivity index (χ0v) is 16.1. The molecule has 1 saturated heterocycles. The lowest BCUT2D eigenvalue weighted by Crippen LogP contribution is -2.29. The molecule has 1 fully saturated rings. The van der Waals surface area contributed by atoms with Crippen molar-refractivity contribution >= 4 is 11.5 Å². The van der Waals surface area contributed by atoms with E-state index >= 15 is 0 Å². The molecule has 3 nitrogen and oxygen atoms in total. The molecule has 142 valence electrons. The van der Waals surface area contributed by atoms with Crippen LogP contribution in [0.1, 0.15) is 53.6 Å². The number of nitrogens with one attached hydrogen (secondary N) is 1. The lowest BCUT2D eigenvalue weighted by Gasteiger charge is -2.31. The van der Waals surface area contributed by atoms with Crippen LogP contribution < -0.4 is 10.2 Å². The molecular weight excluding hydrogens is 332 g/mol. The van der Waals surface area contributed by atoms with E-state index in [1.54, 1.807) is 0 Å². The minimum absolute atomic E-state index is 0.316. The average Bonchev–Trinajstić information content (AvgIpc) is 2.73. The monoisotopic (exact) mass is 362 g/mol. The lowest BCUT2D eigenvalue weighted by atomic mass is 9.90. The van der Waals surface area contributed by atoms with Gasteiger partial charge in [0, 0.05) is 30.8 Å². The molecule has 0 saturated carbocycles. The second-order valence-electron chi connectivity index (χ2n) is 8.01. The molecule has 2 aliphatic rings. The van der Waals surface area contributed by atoms with Crippen LogP contribution in [0.5, 0.6) is 0 Å². The molecule has 0 amide bonds. The number of benzene rings is 2. The molecule has 0 radical (unpaired) electrons. The summed E-state index contributed by atoms with van der Waals surface area (Å²) >= 11 is 0. The molecule has 2 aromatic rings. The van der Waals surface area contributed by atoms with Crippen molar-refractivity contribution in [2.75, 3.05) is 24.5 Å². The molecule has 4 rings (SSSR count). The summed E-state index contributed by atoms with van der Waals surface area (Å²) in [5.74, 6) is 1.03. The van der Waals surface area contributed by atoms with Crippen LogP contribution in [0, 0.1) is 5.92 Å². The number of fused-ring (bicyclic) bond motifs is 1. The quantitative estimate of drug-likeness (QED) is 0.762. The predicted molar refractivity (Wildman–Crippen MR) is 111 cm³/mol. The van der Waals surface area contributed by atoms with Crippen molar-refractivity contribution in [3.8, 4) is 0 Å². The van der Waals surface area contributed by atoms with Gasteiger partial charge < -0.3 is 10.2 Å². The van der Waals surface area contributed by atoms with Crippen molar-refractivity contribution < 1.29 is 4.79 Å². The maximum atomic E-state index is 12.7. The molecule has 0 bridgehead atoms. The Morgan fingerprint density at radius 1 is 1.07 bits per heavy atom. The molecule has 2 aliphatic heterocycles. The van der Waals surface area contributed by atoms with Gasteiger partial charge in [-0.05, 0) is 80.4 Å². The summed E-state index contributed by atoms with van der Waals surface area (Å²) in [4.78, 5) is 15.2. The number of hydrogen-bond donors (Lipinski definition) is 1. The Morgan fingerprint density at radius 3 is 2.70 bits per heavy atom. The second-order valence-corrected chi connectivity index (χ2v) is 8.01. The molecule has 3 heteroatoms. The smallest absolute Gasteiger partial charge is 0.162 e. The topological polar surface area (TPSA) is 32.3 Å². The average molecular weight is 363 g/mol. The normalized spacial score (nSPS) is 17.6. The summed E-state index contributed by atoms with van der Waals surface area (Å²) in [5, 5.41) is 3.40. The molecule has 0 aliphatic carbocycles. The van der Waals surface area contributed by atoms with E-state index in [-0.39, 0.29) is 0 Å². The van der Waals surface area contributed by atoms with Gasteiger partial charge in [0.05, 0.1) is 0 Å². The number of carbonyl (C=O) groups is 1. The molecule has 2 aromatic carbocycles. The Labute approximate surface area is 162 Å². The number of piperidine rings is 1. The van der Waals surface area contributed by atoms with Gasteiger partial charge in [-0.1, -0.05) is 30.3 Å². The highest BCUT2D eigenvalue weighted by Crippen LogP contribution is 2.30. The SMILES string of the molecule is O=C(CCC1CCNCC1)c1ccc2c(c1)CCCN2Cc1ccccc1. The summed E-state index contributed by atoms with van der Waals surface area (Å²) in [7, 11) is 0. The van der Waals surface area contributed by atoms with Gasteiger partial charge in [-0.2, -0.15) is 0 Å². The van der Waals surface area contributed by atoms with E-state index < -0.39 is 0 Å². The molecule has 27 heavy (non-hydrogen) atoms. The Kier molecular flexibility index (Phi) is 5.88. The molecule has 2 heterocycles. The van der Waals surface area contributed by atoms with E-state index in [1.165, 1.54) is 29.7 Å². The fraction of sp³-hybridized carbons (Fsp3) is 0.458. The van der Waals surface area contributed by atoms with Crippen molar-refractivity contribution in [1.82, 2.24) is 5.32 Å². The van der Waals surface area contributed by atoms with E-state index in [1.807, 2.05) is 6.07 Å². The summed E-state index contributed by atoms with van der Waals surface area (Å²) in [6, 6.07) is 17.0. The van der Waals surface area contributed by atoms with Crippen LogP contribution in [-0.2, 0) is 13.0 Å². The molecular formula is C24H30N2O. The van der Waals surface area contributed by atoms with Gasteiger partial charge in [-0.15, -0.1) is 0 Å². The number of aryl methyl sites for hydroxylation is 1. The Bertz CT molecular complexity index is 765. The summed E-state index contributed by atoms with van der Waals surface area (Å²) in [5.41, 5.74) is 4.89. The van der Waals surface area contributed by atoms with Gasteiger partial charge in [-0.25, -0.2) is 0 Å². The van der Waals surface area contributed by atoms with E-state index in [0.29, 0.717) is 18.1 Å². The van der Waals surface area contributed by atoms with Crippen molar-refractivity contribution in [3.63, 3.8) is 0 Å². The predicted octanol–water partition coefficient (Wildman–Crippen LogP) is 4.60. The summed E-state index contributed by atoms with van der Waals surface area (Å²) in [6.45, 7) is 4.24. The molecule has 0 spiro atoms. The highest BCUT2D eigenvalue weighted by atomic mass is 16.1. The number of rotatable bonds is 6. The van der Waals surface area contributed by atoms with E-state index in [4.69, 9.17) is 0 Å². The number of hydrogen-bond acceptors (Lipinski definition) is 3. The first-order valence-corrected chi connectivity index (χ1v) is 10.5. The fourth-order valence-electron chi connectivity index (χ4n) is 4.47. The van der Waals surface area contributed by atoms with E-state index in [2.05, 4.69) is 52.7 Å². The van der Waals surface area contributed by atoms with Crippen LogP contribution in [0.25, 0.3) is 0 Å². The van der Waals surface area contributed by atoms with Crippen molar-refractivity contribution in [1.29, 1.82) is 0 Å². The van der Waals surface area contributed by atoms with Crippen molar-refractivity contribution in [2.24, 2.45) is 5.92 Å². The lowest BCUT2D eigenvalue weighted by molar-refractivity contribution is 0.0970. The Morgan fingerprint density at radius 2 is 1.89 bits per heavy atom. The number of nitrogens with zero attached hydrogens (tertiary/aromatic N) is 1. The first-order valence-electron chi connectivity index (χ1n) is 10.5. The fourth-order valence-corrected chi connectivity index (χ4v) is 4.47. The van der Waals surface area contributed by atoms with Crippen LogP contribution in [0.4, 0.5) is 5.69 Å². The first-order chi connectivity index (χ1) is 13.3. The number of carbonyl (C=O) groups excluding carboxylic acids is 1. The van der Waals surface area contributed by atoms with Crippen LogP contribution >= 0.6 is 0 Å². The molecule has 0 atom stereocenters. The zero-order chi connectivity index (χ0) is 18.5. The second kappa shape index (κ2) is 8.71. The Hall–Kier alpha value is -2.13. The molecule has 1 N–H and O–H groups in total. The van der Waals surface area contributed by atoms with Crippen LogP contribution in [0.3, 0.4) is 0 Å². The number of anilines is 1. The van der Waals surface area contributed by atoms with Gasteiger partial charge >= 0.3 is 0 Å². The maximum Gasteiger partial charge on any atom is 0.162 e. The highest BCUT2D eigenvalue weighted by Gasteiger charge is 2.20. The van der Waals surface area contributed by atoms with Gasteiger partial charge in [0.2, 0.25) is 0 Å². The first kappa shape index (κ1) is 18.2. The van der Waals surface area contributed by atoms with Gasteiger partial charge in [0.25, 0.3) is 0 Å². The van der Waals surface area contributed by atoms with E-state index in [9.17, 15) is 4.79 Å². The largest absolute Gasteiger partial charge is 0.367 e. The minimum Gasteiger partial charge on any atom is -0.367 e. The number of ketones is 1. The molecule has 0 unspecified atom stereocenters. The van der Waals surface area contributed by atoms with E-state index in [0.717, 1.165) is 51.0 Å². The highest BCUT2D eigenvalue weighted by molar-refractivity contribution is 5.96. The van der Waals surface area contributed by atoms with Crippen LogP contribution in [0.2, 0.25) is 0 Å². The number of Topliss-reactive ketones (excluding diaryl/α,β-unsaturated/α-hetero) is 1. The Balaban J connectivity index is 1.42. The minimum atomic E-state index is 0.316. The standard InChI is InChI=1S/C24H30N2O/c27-24(11-8-19-12-14-25-15-13-19)22-9-10-23-21(17-22)7-4-16-26(23)18-20-5-2-1-3-6-20/h1-3,5-6,9-10,17,19,25H,4,7-8,11-16,18H2. The van der Waals surface area contributed by atoms with Gasteiger partial charge in [-0.3, -0.25) is 4.79 Å². The van der Waals surface area contributed by atoms with Crippen molar-refractivity contribution in [2.45, 2.75) is 45.1 Å². The zero-order valence-electron chi connectivity index (χ0n) is 16.1. The third kappa shape index (κ3) is 4.59. The summed E-state index contributed by atoms with van der Waals surface area (Å²) < 4.78 is 0. The van der Waals surface area contributed by atoms with Crippen LogP contribution in [-0.4, -0.2) is 25.4 Å². The van der Waals surface area contributed by atoms with Crippen LogP contribution in [0.15, 0.2) is 48.5 Å². The third-order valence-electron chi connectivity index (χ3n) is 6.07. The maximum absolute atomic E-state index is 12.7. The van der Waals surface area contributed by atoms with Gasteiger partial charge in [0.1, 0.15) is 0 Å². The summed E-state index contributed by atoms with van der Waals surface area (Å²) in [6.07, 6.45) is 6.40.